The molecule has 0 unspecified atom stereocenters. The van der Waals surface area contributed by atoms with E-state index in [1.54, 1.807) is 6.33 Å². The second kappa shape index (κ2) is 8.28. The number of hydrogen-bond donors (Lipinski definition) is 1. The molecule has 0 radical (unpaired) electrons. The summed E-state index contributed by atoms with van der Waals surface area (Å²) in [6.07, 6.45) is 7.95. The van der Waals surface area contributed by atoms with E-state index >= 15 is 0 Å². The lowest BCUT2D eigenvalue weighted by atomic mass is 10.0. The number of carbonyl (C=O) groups is 1. The van der Waals surface area contributed by atoms with E-state index in [-0.39, 0.29) is 5.91 Å². The third-order valence-corrected chi connectivity index (χ3v) is 6.31. The number of pyridine rings is 1. The lowest BCUT2D eigenvalue weighted by Gasteiger charge is -2.22. The first-order valence-electron chi connectivity index (χ1n) is 11.6. The van der Waals surface area contributed by atoms with Crippen molar-refractivity contribution < 1.29 is 4.79 Å². The smallest absolute Gasteiger partial charge is 0.254 e. The molecule has 6 nitrogen and oxygen atoms in total. The summed E-state index contributed by atoms with van der Waals surface area (Å²) in [5.74, 6) is 0.968. The summed E-state index contributed by atoms with van der Waals surface area (Å²) in [7, 11) is 0. The fourth-order valence-electron chi connectivity index (χ4n) is 4.19. The highest BCUT2D eigenvalue weighted by atomic mass is 16.2. The van der Waals surface area contributed by atoms with Crippen molar-refractivity contribution in [1.29, 1.82) is 0 Å². The van der Waals surface area contributed by atoms with E-state index in [1.807, 2.05) is 53.6 Å². The Bertz CT molecular complexity index is 1310. The number of hydrogen-bond acceptors (Lipinski definition) is 5. The summed E-state index contributed by atoms with van der Waals surface area (Å²) in [4.78, 5) is 28.6. The Labute approximate surface area is 192 Å². The van der Waals surface area contributed by atoms with Crippen LogP contribution in [0.1, 0.15) is 41.7 Å². The van der Waals surface area contributed by atoms with Gasteiger partial charge in [0.25, 0.3) is 5.91 Å². The minimum absolute atomic E-state index is 0.0731. The molecule has 2 fully saturated rings. The molecule has 2 saturated carbocycles. The zero-order valence-electron chi connectivity index (χ0n) is 18.3. The molecule has 4 aromatic rings. The lowest BCUT2D eigenvalue weighted by Crippen LogP contribution is -2.32. The van der Waals surface area contributed by atoms with Gasteiger partial charge in [0.1, 0.15) is 12.1 Å². The predicted molar refractivity (Wildman–Crippen MR) is 129 cm³/mol. The normalized spacial score (nSPS) is 15.4. The number of carbonyl (C=O) groups excluding carboxylic acids is 1. The van der Waals surface area contributed by atoms with Crippen LogP contribution in [-0.2, 0) is 6.54 Å². The summed E-state index contributed by atoms with van der Waals surface area (Å²) >= 11 is 0. The first kappa shape index (κ1) is 19.9. The summed E-state index contributed by atoms with van der Waals surface area (Å²) in [5.41, 5.74) is 4.72. The SMILES string of the molecule is O=C(c1ccccc1)N(Cc1cc(-c2ccc3ncnc(NC4CC4)c3c2)ccn1)C1CC1. The van der Waals surface area contributed by atoms with Gasteiger partial charge in [0.2, 0.25) is 0 Å². The van der Waals surface area contributed by atoms with Crippen LogP contribution in [0.4, 0.5) is 5.82 Å². The topological polar surface area (TPSA) is 71.0 Å². The zero-order chi connectivity index (χ0) is 22.2. The number of fused-ring (bicyclic) bond motifs is 1. The van der Waals surface area contributed by atoms with E-state index in [4.69, 9.17) is 0 Å². The molecule has 2 aliphatic carbocycles. The van der Waals surface area contributed by atoms with Gasteiger partial charge in [-0.15, -0.1) is 0 Å². The third-order valence-electron chi connectivity index (χ3n) is 6.31. The number of amides is 1. The van der Waals surface area contributed by atoms with Crippen LogP contribution in [0.25, 0.3) is 22.0 Å². The monoisotopic (exact) mass is 435 g/mol. The maximum atomic E-state index is 13.1. The number of nitrogens with one attached hydrogen (secondary N) is 1. The second-order valence-corrected chi connectivity index (χ2v) is 8.94. The quantitative estimate of drug-likeness (QED) is 0.439. The Balaban J connectivity index is 1.29. The first-order chi connectivity index (χ1) is 16.2. The van der Waals surface area contributed by atoms with Crippen LogP contribution in [0.2, 0.25) is 0 Å². The summed E-state index contributed by atoms with van der Waals surface area (Å²) in [6, 6.07) is 20.7. The molecule has 33 heavy (non-hydrogen) atoms. The average molecular weight is 436 g/mol. The van der Waals surface area contributed by atoms with Crippen molar-refractivity contribution in [3.8, 4) is 11.1 Å². The van der Waals surface area contributed by atoms with Gasteiger partial charge in [-0.25, -0.2) is 9.97 Å². The van der Waals surface area contributed by atoms with Crippen LogP contribution in [-0.4, -0.2) is 37.8 Å². The van der Waals surface area contributed by atoms with Crippen molar-refractivity contribution in [3.63, 3.8) is 0 Å². The Hall–Kier alpha value is -3.80. The van der Waals surface area contributed by atoms with E-state index in [1.165, 1.54) is 12.8 Å². The van der Waals surface area contributed by atoms with Crippen LogP contribution in [0.3, 0.4) is 0 Å². The van der Waals surface area contributed by atoms with Gasteiger partial charge in [-0.3, -0.25) is 9.78 Å². The van der Waals surface area contributed by atoms with Gasteiger partial charge in [0.05, 0.1) is 17.8 Å². The summed E-state index contributed by atoms with van der Waals surface area (Å²) in [6.45, 7) is 0.511. The fraction of sp³-hybridized carbons (Fsp3) is 0.259. The Kier molecular flexibility index (Phi) is 4.98. The van der Waals surface area contributed by atoms with Crippen molar-refractivity contribution in [3.05, 3.63) is 84.4 Å². The number of anilines is 1. The Morgan fingerprint density at radius 2 is 1.73 bits per heavy atom. The van der Waals surface area contributed by atoms with Gasteiger partial charge in [-0.1, -0.05) is 24.3 Å². The molecule has 2 aliphatic rings. The van der Waals surface area contributed by atoms with Gasteiger partial charge in [0.15, 0.2) is 0 Å². The van der Waals surface area contributed by atoms with Crippen LogP contribution >= 0.6 is 0 Å². The van der Waals surface area contributed by atoms with Crippen LogP contribution in [0.5, 0.6) is 0 Å². The minimum Gasteiger partial charge on any atom is -0.367 e. The third kappa shape index (κ3) is 4.29. The molecular formula is C27H25N5O. The molecule has 0 atom stereocenters. The van der Waals surface area contributed by atoms with E-state index in [0.29, 0.717) is 18.6 Å². The molecule has 1 amide bonds. The van der Waals surface area contributed by atoms with Crippen molar-refractivity contribution in [2.45, 2.75) is 44.3 Å². The maximum absolute atomic E-state index is 13.1. The molecule has 2 heterocycles. The van der Waals surface area contributed by atoms with Crippen LogP contribution in [0, 0.1) is 0 Å². The van der Waals surface area contributed by atoms with Gasteiger partial charge in [0, 0.05) is 29.2 Å². The van der Waals surface area contributed by atoms with Gasteiger partial charge in [-0.2, -0.15) is 0 Å². The van der Waals surface area contributed by atoms with Crippen molar-refractivity contribution in [2.24, 2.45) is 0 Å². The van der Waals surface area contributed by atoms with Crippen LogP contribution < -0.4 is 5.32 Å². The minimum atomic E-state index is 0.0731. The second-order valence-electron chi connectivity index (χ2n) is 8.94. The Morgan fingerprint density at radius 1 is 0.909 bits per heavy atom. The number of aromatic nitrogens is 3. The number of benzene rings is 2. The molecule has 2 aromatic heterocycles. The highest BCUT2D eigenvalue weighted by Gasteiger charge is 2.33. The van der Waals surface area contributed by atoms with Gasteiger partial charge < -0.3 is 10.2 Å². The van der Waals surface area contributed by atoms with Crippen molar-refractivity contribution >= 4 is 22.6 Å². The fourth-order valence-corrected chi connectivity index (χ4v) is 4.19. The van der Waals surface area contributed by atoms with Crippen molar-refractivity contribution in [1.82, 2.24) is 19.9 Å². The first-order valence-corrected chi connectivity index (χ1v) is 11.6. The molecule has 0 aliphatic heterocycles. The standard InChI is InChI=1S/C27H25N5O/c33-27(18-4-2-1-3-5-18)32(23-9-10-23)16-22-14-20(12-13-28-22)19-6-11-25-24(15-19)26(30-17-29-25)31-21-7-8-21/h1-6,11-15,17,21,23H,7-10,16H2,(H,29,30,31). The average Bonchev–Trinajstić information content (AvgIpc) is 3.78. The predicted octanol–water partition coefficient (Wildman–Crippen LogP) is 5.07. The number of rotatable bonds is 7. The highest BCUT2D eigenvalue weighted by molar-refractivity contribution is 5.95. The highest BCUT2D eigenvalue weighted by Crippen LogP contribution is 2.32. The molecule has 6 heteroatoms. The van der Waals surface area contributed by atoms with Gasteiger partial charge in [-0.05, 0) is 73.2 Å². The lowest BCUT2D eigenvalue weighted by molar-refractivity contribution is 0.0727. The molecule has 164 valence electrons. The van der Waals surface area contributed by atoms with E-state index in [9.17, 15) is 4.79 Å². The van der Waals surface area contributed by atoms with E-state index in [0.717, 1.165) is 51.9 Å². The summed E-state index contributed by atoms with van der Waals surface area (Å²) in [5, 5.41) is 4.54. The van der Waals surface area contributed by atoms with Crippen molar-refractivity contribution in [2.75, 3.05) is 5.32 Å². The zero-order valence-corrected chi connectivity index (χ0v) is 18.3. The van der Waals surface area contributed by atoms with E-state index < -0.39 is 0 Å². The number of nitrogens with zero attached hydrogens (tertiary/aromatic N) is 4. The molecule has 2 aromatic carbocycles. The van der Waals surface area contributed by atoms with E-state index in [2.05, 4.69) is 38.5 Å². The Morgan fingerprint density at radius 3 is 2.52 bits per heavy atom. The molecule has 6 rings (SSSR count). The van der Waals surface area contributed by atoms with Crippen LogP contribution in [0.15, 0.2) is 73.2 Å². The molecule has 0 spiro atoms. The van der Waals surface area contributed by atoms with Gasteiger partial charge >= 0.3 is 0 Å². The largest absolute Gasteiger partial charge is 0.367 e. The maximum Gasteiger partial charge on any atom is 0.254 e. The molecule has 0 saturated heterocycles. The summed E-state index contributed by atoms with van der Waals surface area (Å²) < 4.78 is 0. The molecular weight excluding hydrogens is 410 g/mol. The molecule has 0 bridgehead atoms. The molecule has 1 N–H and O–H groups in total.